The molecule has 1 aromatic carbocycles. The molecule has 1 fully saturated rings. The van der Waals surface area contributed by atoms with Gasteiger partial charge in [0.05, 0.1) is 0 Å². The SMILES string of the molecule is CC(NC(=O)c1ccc2c(c1)OCCO2)C1CCCNC1.Cl. The highest BCUT2D eigenvalue weighted by molar-refractivity contribution is 5.95. The molecule has 0 spiro atoms. The standard InChI is InChI=1S/C16H22N2O3.ClH/c1-11(13-3-2-6-17-10-13)18-16(19)12-4-5-14-15(9-12)21-8-7-20-14;/h4-5,9,11,13,17H,2-3,6-8,10H2,1H3,(H,18,19);1H. The minimum atomic E-state index is -0.0509. The van der Waals surface area contributed by atoms with Crippen molar-refractivity contribution in [2.24, 2.45) is 5.92 Å². The monoisotopic (exact) mass is 326 g/mol. The molecule has 3 rings (SSSR count). The Morgan fingerprint density at radius 2 is 2.09 bits per heavy atom. The number of ether oxygens (including phenoxy) is 2. The van der Waals surface area contributed by atoms with Crippen molar-refractivity contribution in [3.63, 3.8) is 0 Å². The van der Waals surface area contributed by atoms with Crippen molar-refractivity contribution >= 4 is 18.3 Å². The summed E-state index contributed by atoms with van der Waals surface area (Å²) in [6.07, 6.45) is 2.34. The van der Waals surface area contributed by atoms with Crippen molar-refractivity contribution in [2.75, 3.05) is 26.3 Å². The number of carbonyl (C=O) groups excluding carboxylic acids is 1. The fourth-order valence-corrected chi connectivity index (χ4v) is 2.90. The summed E-state index contributed by atoms with van der Waals surface area (Å²) < 4.78 is 11.0. The average Bonchev–Trinajstić information content (AvgIpc) is 2.55. The second-order valence-corrected chi connectivity index (χ2v) is 5.73. The first-order valence-electron chi connectivity index (χ1n) is 7.65. The van der Waals surface area contributed by atoms with Gasteiger partial charge in [-0.05, 0) is 57.0 Å². The molecule has 1 aromatic rings. The molecule has 2 N–H and O–H groups in total. The highest BCUT2D eigenvalue weighted by Crippen LogP contribution is 2.30. The Balaban J connectivity index is 0.00000176. The second kappa shape index (κ2) is 7.70. The van der Waals surface area contributed by atoms with Crippen LogP contribution < -0.4 is 20.1 Å². The fraction of sp³-hybridized carbons (Fsp3) is 0.562. The van der Waals surface area contributed by atoms with E-state index in [1.54, 1.807) is 18.2 Å². The Morgan fingerprint density at radius 1 is 1.32 bits per heavy atom. The van der Waals surface area contributed by atoms with E-state index in [4.69, 9.17) is 9.47 Å². The van der Waals surface area contributed by atoms with E-state index in [1.165, 1.54) is 6.42 Å². The lowest BCUT2D eigenvalue weighted by Gasteiger charge is -2.29. The predicted octanol–water partition coefficient (Wildman–Crippen LogP) is 2.00. The van der Waals surface area contributed by atoms with Gasteiger partial charge in [0.1, 0.15) is 13.2 Å². The van der Waals surface area contributed by atoms with Gasteiger partial charge in [-0.25, -0.2) is 0 Å². The van der Waals surface area contributed by atoms with Gasteiger partial charge in [-0.15, -0.1) is 12.4 Å². The third-order valence-corrected chi connectivity index (χ3v) is 4.21. The van der Waals surface area contributed by atoms with Gasteiger partial charge in [-0.3, -0.25) is 4.79 Å². The largest absolute Gasteiger partial charge is 0.486 e. The molecule has 0 bridgehead atoms. The molecule has 5 nitrogen and oxygen atoms in total. The predicted molar refractivity (Wildman–Crippen MR) is 87.2 cm³/mol. The Hall–Kier alpha value is -1.46. The molecule has 2 heterocycles. The van der Waals surface area contributed by atoms with Crippen molar-refractivity contribution in [2.45, 2.75) is 25.8 Å². The topological polar surface area (TPSA) is 59.6 Å². The molecule has 2 aliphatic rings. The van der Waals surface area contributed by atoms with E-state index < -0.39 is 0 Å². The van der Waals surface area contributed by atoms with Gasteiger partial charge >= 0.3 is 0 Å². The van der Waals surface area contributed by atoms with Crippen molar-refractivity contribution in [1.29, 1.82) is 0 Å². The van der Waals surface area contributed by atoms with Gasteiger partial charge in [-0.2, -0.15) is 0 Å². The van der Waals surface area contributed by atoms with Gasteiger partial charge in [0, 0.05) is 11.6 Å². The molecular weight excluding hydrogens is 304 g/mol. The lowest BCUT2D eigenvalue weighted by atomic mass is 9.92. The maximum Gasteiger partial charge on any atom is 0.251 e. The van der Waals surface area contributed by atoms with Crippen LogP contribution in [0, 0.1) is 5.92 Å². The lowest BCUT2D eigenvalue weighted by molar-refractivity contribution is 0.0920. The number of amides is 1. The molecule has 0 saturated carbocycles. The van der Waals surface area contributed by atoms with E-state index in [2.05, 4.69) is 17.6 Å². The average molecular weight is 327 g/mol. The van der Waals surface area contributed by atoms with Gasteiger partial charge in [0.15, 0.2) is 11.5 Å². The zero-order chi connectivity index (χ0) is 14.7. The first kappa shape index (κ1) is 16.9. The summed E-state index contributed by atoms with van der Waals surface area (Å²) in [7, 11) is 0. The third-order valence-electron chi connectivity index (χ3n) is 4.21. The van der Waals surface area contributed by atoms with E-state index in [9.17, 15) is 4.79 Å². The number of benzene rings is 1. The number of halogens is 1. The molecule has 1 amide bonds. The third kappa shape index (κ3) is 3.84. The zero-order valence-corrected chi connectivity index (χ0v) is 13.6. The first-order chi connectivity index (χ1) is 10.2. The number of rotatable bonds is 3. The van der Waals surface area contributed by atoms with E-state index in [-0.39, 0.29) is 24.4 Å². The molecule has 0 aromatic heterocycles. The maximum atomic E-state index is 12.4. The molecule has 1 saturated heterocycles. The van der Waals surface area contributed by atoms with E-state index in [0.717, 1.165) is 19.5 Å². The Bertz CT molecular complexity index is 518. The van der Waals surface area contributed by atoms with Crippen LogP contribution in [0.3, 0.4) is 0 Å². The van der Waals surface area contributed by atoms with Crippen molar-refractivity contribution in [3.05, 3.63) is 23.8 Å². The lowest BCUT2D eigenvalue weighted by Crippen LogP contribution is -2.44. The quantitative estimate of drug-likeness (QED) is 0.892. The van der Waals surface area contributed by atoms with Crippen LogP contribution in [0.1, 0.15) is 30.1 Å². The van der Waals surface area contributed by atoms with Crippen LogP contribution in [0.2, 0.25) is 0 Å². The summed E-state index contributed by atoms with van der Waals surface area (Å²) in [6, 6.07) is 5.51. The van der Waals surface area contributed by atoms with Crippen LogP contribution >= 0.6 is 12.4 Å². The van der Waals surface area contributed by atoms with Crippen LogP contribution in [0.25, 0.3) is 0 Å². The minimum Gasteiger partial charge on any atom is -0.486 e. The molecule has 2 atom stereocenters. The molecule has 0 aliphatic carbocycles. The number of nitrogens with one attached hydrogen (secondary N) is 2. The zero-order valence-electron chi connectivity index (χ0n) is 12.8. The summed E-state index contributed by atoms with van der Waals surface area (Å²) in [5.41, 5.74) is 0.620. The summed E-state index contributed by atoms with van der Waals surface area (Å²) in [4.78, 5) is 12.4. The molecular formula is C16H23ClN2O3. The van der Waals surface area contributed by atoms with Crippen LogP contribution in [0.5, 0.6) is 11.5 Å². The van der Waals surface area contributed by atoms with Gasteiger partial charge < -0.3 is 20.1 Å². The number of carbonyl (C=O) groups is 1. The van der Waals surface area contributed by atoms with Crippen LogP contribution in [-0.4, -0.2) is 38.3 Å². The Morgan fingerprint density at radius 3 is 2.82 bits per heavy atom. The fourth-order valence-electron chi connectivity index (χ4n) is 2.90. The molecule has 2 unspecified atom stereocenters. The van der Waals surface area contributed by atoms with E-state index >= 15 is 0 Å². The number of piperidine rings is 1. The van der Waals surface area contributed by atoms with Crippen LogP contribution in [0.4, 0.5) is 0 Å². The minimum absolute atomic E-state index is 0. The first-order valence-corrected chi connectivity index (χ1v) is 7.65. The van der Waals surface area contributed by atoms with Crippen molar-refractivity contribution in [1.82, 2.24) is 10.6 Å². The molecule has 2 aliphatic heterocycles. The summed E-state index contributed by atoms with van der Waals surface area (Å²) in [5, 5.41) is 6.48. The molecule has 0 radical (unpaired) electrons. The van der Waals surface area contributed by atoms with Crippen LogP contribution in [0.15, 0.2) is 18.2 Å². The number of hydrogen-bond donors (Lipinski definition) is 2. The van der Waals surface area contributed by atoms with Crippen LogP contribution in [-0.2, 0) is 0 Å². The number of hydrogen-bond acceptors (Lipinski definition) is 4. The van der Waals surface area contributed by atoms with Crippen molar-refractivity contribution < 1.29 is 14.3 Å². The second-order valence-electron chi connectivity index (χ2n) is 5.73. The highest BCUT2D eigenvalue weighted by atomic mass is 35.5. The smallest absolute Gasteiger partial charge is 0.251 e. The highest BCUT2D eigenvalue weighted by Gasteiger charge is 2.22. The van der Waals surface area contributed by atoms with E-state index in [0.29, 0.717) is 36.2 Å². The van der Waals surface area contributed by atoms with E-state index in [1.807, 2.05) is 0 Å². The molecule has 22 heavy (non-hydrogen) atoms. The van der Waals surface area contributed by atoms with Crippen molar-refractivity contribution in [3.8, 4) is 11.5 Å². The normalized spacial score (nSPS) is 21.4. The summed E-state index contributed by atoms with van der Waals surface area (Å²) in [5.74, 6) is 1.81. The van der Waals surface area contributed by atoms with Gasteiger partial charge in [-0.1, -0.05) is 0 Å². The van der Waals surface area contributed by atoms with Gasteiger partial charge in [0.2, 0.25) is 0 Å². The summed E-state index contributed by atoms with van der Waals surface area (Å²) >= 11 is 0. The number of fused-ring (bicyclic) bond motifs is 1. The van der Waals surface area contributed by atoms with Gasteiger partial charge in [0.25, 0.3) is 5.91 Å². The molecule has 122 valence electrons. The Kier molecular flexibility index (Phi) is 5.91. The molecule has 6 heteroatoms. The Labute approximate surface area is 137 Å². The maximum absolute atomic E-state index is 12.4. The summed E-state index contributed by atoms with van der Waals surface area (Å²) in [6.45, 7) is 5.22.